The number of piperidine rings is 1. The zero-order chi connectivity index (χ0) is 10.5. The number of hydrogen-bond acceptors (Lipinski definition) is 3. The second-order valence-corrected chi connectivity index (χ2v) is 5.03. The summed E-state index contributed by atoms with van der Waals surface area (Å²) in [4.78, 5) is 5.16. The smallest absolute Gasteiger partial charge is 0.0230 e. The Hall–Kier alpha value is -0.120. The molecule has 3 heteroatoms. The lowest BCUT2D eigenvalue weighted by Gasteiger charge is -2.35. The summed E-state index contributed by atoms with van der Waals surface area (Å²) < 4.78 is 0. The largest absolute Gasteiger partial charge is 0.314 e. The van der Waals surface area contributed by atoms with Crippen LogP contribution in [0, 0.1) is 0 Å². The third-order valence-corrected chi connectivity index (χ3v) is 3.87. The quantitative estimate of drug-likeness (QED) is 0.744. The van der Waals surface area contributed by atoms with Gasteiger partial charge in [0.2, 0.25) is 0 Å². The van der Waals surface area contributed by atoms with Gasteiger partial charge < -0.3 is 15.1 Å². The molecule has 2 fully saturated rings. The SMILES string of the molecule is CN1CCNCC1CCN1CCCCC1. The van der Waals surface area contributed by atoms with Crippen molar-refractivity contribution in [2.24, 2.45) is 0 Å². The highest BCUT2D eigenvalue weighted by atomic mass is 15.2. The van der Waals surface area contributed by atoms with Gasteiger partial charge in [0.05, 0.1) is 0 Å². The van der Waals surface area contributed by atoms with Gasteiger partial charge in [-0.2, -0.15) is 0 Å². The summed E-state index contributed by atoms with van der Waals surface area (Å²) in [7, 11) is 2.27. The van der Waals surface area contributed by atoms with Crippen molar-refractivity contribution in [1.82, 2.24) is 15.1 Å². The number of piperazine rings is 1. The standard InChI is InChI=1S/C12H25N3/c1-14-10-6-13-11-12(14)5-9-15-7-3-2-4-8-15/h12-13H,2-11H2,1H3. The average Bonchev–Trinajstić information content (AvgIpc) is 2.29. The molecule has 0 amide bonds. The molecule has 2 rings (SSSR count). The molecule has 2 heterocycles. The Balaban J connectivity index is 1.67. The molecule has 2 saturated heterocycles. The van der Waals surface area contributed by atoms with Gasteiger partial charge in [0, 0.05) is 25.7 Å². The number of rotatable bonds is 3. The van der Waals surface area contributed by atoms with Crippen molar-refractivity contribution in [2.75, 3.05) is 46.3 Å². The third-order valence-electron chi connectivity index (χ3n) is 3.87. The predicted molar refractivity (Wildman–Crippen MR) is 64.2 cm³/mol. The summed E-state index contributed by atoms with van der Waals surface area (Å²) in [5, 5.41) is 3.49. The van der Waals surface area contributed by atoms with E-state index in [9.17, 15) is 0 Å². The number of nitrogens with one attached hydrogen (secondary N) is 1. The molecule has 15 heavy (non-hydrogen) atoms. The second-order valence-electron chi connectivity index (χ2n) is 5.03. The molecule has 0 radical (unpaired) electrons. The Kier molecular flexibility index (Phi) is 4.42. The lowest BCUT2D eigenvalue weighted by atomic mass is 10.1. The number of nitrogens with zero attached hydrogens (tertiary/aromatic N) is 2. The van der Waals surface area contributed by atoms with E-state index < -0.39 is 0 Å². The Morgan fingerprint density at radius 2 is 1.93 bits per heavy atom. The molecule has 0 saturated carbocycles. The molecule has 0 aliphatic carbocycles. The first-order valence-corrected chi connectivity index (χ1v) is 6.49. The minimum absolute atomic E-state index is 0.765. The van der Waals surface area contributed by atoms with Crippen LogP contribution in [0.3, 0.4) is 0 Å². The molecule has 1 N–H and O–H groups in total. The highest BCUT2D eigenvalue weighted by molar-refractivity contribution is 4.78. The maximum absolute atomic E-state index is 3.49. The van der Waals surface area contributed by atoms with Crippen LogP contribution >= 0.6 is 0 Å². The number of hydrogen-bond donors (Lipinski definition) is 1. The summed E-state index contributed by atoms with van der Waals surface area (Å²) >= 11 is 0. The Labute approximate surface area is 93.8 Å². The minimum Gasteiger partial charge on any atom is -0.314 e. The molecular formula is C12H25N3. The fourth-order valence-electron chi connectivity index (χ4n) is 2.70. The van der Waals surface area contributed by atoms with E-state index in [4.69, 9.17) is 0 Å². The van der Waals surface area contributed by atoms with Crippen molar-refractivity contribution in [3.63, 3.8) is 0 Å². The number of likely N-dealkylation sites (tertiary alicyclic amines) is 1. The van der Waals surface area contributed by atoms with Crippen LogP contribution in [0.15, 0.2) is 0 Å². The first-order chi connectivity index (χ1) is 7.36. The summed E-state index contributed by atoms with van der Waals surface area (Å²) in [5.74, 6) is 0. The fourth-order valence-corrected chi connectivity index (χ4v) is 2.70. The van der Waals surface area contributed by atoms with E-state index in [-0.39, 0.29) is 0 Å². The van der Waals surface area contributed by atoms with E-state index in [0.717, 1.165) is 12.6 Å². The Bertz CT molecular complexity index is 178. The third kappa shape index (κ3) is 3.44. The van der Waals surface area contributed by atoms with Crippen LogP contribution in [0.1, 0.15) is 25.7 Å². The first-order valence-electron chi connectivity index (χ1n) is 6.49. The molecule has 1 unspecified atom stereocenters. The van der Waals surface area contributed by atoms with Gasteiger partial charge in [0.15, 0.2) is 0 Å². The fraction of sp³-hybridized carbons (Fsp3) is 1.00. The molecule has 1 atom stereocenters. The van der Waals surface area contributed by atoms with Crippen molar-refractivity contribution < 1.29 is 0 Å². The Morgan fingerprint density at radius 3 is 2.67 bits per heavy atom. The van der Waals surface area contributed by atoms with Crippen molar-refractivity contribution in [3.8, 4) is 0 Å². The molecule has 88 valence electrons. The topological polar surface area (TPSA) is 18.5 Å². The van der Waals surface area contributed by atoms with Gasteiger partial charge in [-0.1, -0.05) is 6.42 Å². The summed E-state index contributed by atoms with van der Waals surface area (Å²) in [6.45, 7) is 7.54. The molecule has 2 aliphatic heterocycles. The van der Waals surface area contributed by atoms with Gasteiger partial charge >= 0.3 is 0 Å². The molecular weight excluding hydrogens is 186 g/mol. The van der Waals surface area contributed by atoms with Gasteiger partial charge in [0.1, 0.15) is 0 Å². The van der Waals surface area contributed by atoms with Crippen molar-refractivity contribution >= 4 is 0 Å². The summed E-state index contributed by atoms with van der Waals surface area (Å²) in [6.07, 6.45) is 5.61. The maximum atomic E-state index is 3.49. The van der Waals surface area contributed by atoms with E-state index >= 15 is 0 Å². The lowest BCUT2D eigenvalue weighted by molar-refractivity contribution is 0.155. The monoisotopic (exact) mass is 211 g/mol. The lowest BCUT2D eigenvalue weighted by Crippen LogP contribution is -2.50. The first kappa shape index (κ1) is 11.4. The van der Waals surface area contributed by atoms with Crippen molar-refractivity contribution in [2.45, 2.75) is 31.7 Å². The predicted octanol–water partition coefficient (Wildman–Crippen LogP) is 0.766. The highest BCUT2D eigenvalue weighted by Crippen LogP contribution is 2.11. The Morgan fingerprint density at radius 1 is 1.13 bits per heavy atom. The number of likely N-dealkylation sites (N-methyl/N-ethyl adjacent to an activating group) is 1. The van der Waals surface area contributed by atoms with Crippen LogP contribution in [-0.2, 0) is 0 Å². The molecule has 0 bridgehead atoms. The van der Waals surface area contributed by atoms with Gasteiger partial charge in [0.25, 0.3) is 0 Å². The van der Waals surface area contributed by atoms with Crippen molar-refractivity contribution in [3.05, 3.63) is 0 Å². The van der Waals surface area contributed by atoms with E-state index in [1.807, 2.05) is 0 Å². The van der Waals surface area contributed by atoms with Crippen LogP contribution < -0.4 is 5.32 Å². The highest BCUT2D eigenvalue weighted by Gasteiger charge is 2.19. The van der Waals surface area contributed by atoms with Gasteiger partial charge in [-0.05, 0) is 45.9 Å². The molecule has 3 nitrogen and oxygen atoms in total. The molecule has 2 aliphatic rings. The van der Waals surface area contributed by atoms with Gasteiger partial charge in [-0.15, -0.1) is 0 Å². The molecule has 0 aromatic rings. The molecule has 0 aromatic heterocycles. The van der Waals surface area contributed by atoms with Crippen molar-refractivity contribution in [1.29, 1.82) is 0 Å². The zero-order valence-electron chi connectivity index (χ0n) is 10.0. The molecule has 0 spiro atoms. The van der Waals surface area contributed by atoms with Crippen LogP contribution in [0.2, 0.25) is 0 Å². The van der Waals surface area contributed by atoms with Crippen LogP contribution in [0.25, 0.3) is 0 Å². The van der Waals surface area contributed by atoms with E-state index in [1.54, 1.807) is 0 Å². The minimum atomic E-state index is 0.765. The summed E-state index contributed by atoms with van der Waals surface area (Å²) in [6, 6.07) is 0.765. The van der Waals surface area contributed by atoms with E-state index in [2.05, 4.69) is 22.2 Å². The van der Waals surface area contributed by atoms with Gasteiger partial charge in [-0.25, -0.2) is 0 Å². The van der Waals surface area contributed by atoms with Crippen LogP contribution in [-0.4, -0.2) is 62.2 Å². The normalized spacial score (nSPS) is 30.6. The van der Waals surface area contributed by atoms with Gasteiger partial charge in [-0.3, -0.25) is 0 Å². The van der Waals surface area contributed by atoms with E-state index in [1.165, 1.54) is 58.4 Å². The zero-order valence-corrected chi connectivity index (χ0v) is 10.0. The second kappa shape index (κ2) is 5.83. The van der Waals surface area contributed by atoms with Crippen LogP contribution in [0.4, 0.5) is 0 Å². The van der Waals surface area contributed by atoms with Crippen LogP contribution in [0.5, 0.6) is 0 Å². The van der Waals surface area contributed by atoms with E-state index in [0.29, 0.717) is 0 Å². The summed E-state index contributed by atoms with van der Waals surface area (Å²) in [5.41, 5.74) is 0. The average molecular weight is 211 g/mol. The maximum Gasteiger partial charge on any atom is 0.0230 e. The molecule has 0 aromatic carbocycles.